The third-order valence-electron chi connectivity index (χ3n) is 2.63. The summed E-state index contributed by atoms with van der Waals surface area (Å²) in [5.41, 5.74) is 2.06. The van der Waals surface area contributed by atoms with Gasteiger partial charge in [-0.3, -0.25) is 14.8 Å². The summed E-state index contributed by atoms with van der Waals surface area (Å²) in [5.74, 6) is -0.0275. The van der Waals surface area contributed by atoms with E-state index in [4.69, 9.17) is 0 Å². The summed E-state index contributed by atoms with van der Waals surface area (Å²) in [7, 11) is 1.83. The molecule has 0 unspecified atom stereocenters. The molecule has 0 atom stereocenters. The van der Waals surface area contributed by atoms with Gasteiger partial charge in [0.2, 0.25) is 0 Å². The van der Waals surface area contributed by atoms with Crippen LogP contribution in [0.5, 0.6) is 0 Å². The monoisotopic (exact) mass is 340 g/mol. The van der Waals surface area contributed by atoms with Crippen LogP contribution >= 0.6 is 27.7 Å². The first-order chi connectivity index (χ1) is 9.02. The number of imidazole rings is 1. The van der Waals surface area contributed by atoms with Gasteiger partial charge in [-0.15, -0.1) is 0 Å². The molecule has 2 heterocycles. The molecule has 0 N–H and O–H groups in total. The third kappa shape index (κ3) is 3.03. The summed E-state index contributed by atoms with van der Waals surface area (Å²) >= 11 is 4.83. The number of rotatable bonds is 4. The topological polar surface area (TPSA) is 60.7 Å². The van der Waals surface area contributed by atoms with Crippen LogP contribution in [0.2, 0.25) is 0 Å². The van der Waals surface area contributed by atoms with Gasteiger partial charge >= 0.3 is 0 Å². The predicted molar refractivity (Wildman–Crippen MR) is 77.5 cm³/mol. The fourth-order valence-corrected chi connectivity index (χ4v) is 3.01. The Balaban J connectivity index is 2.25. The second kappa shape index (κ2) is 5.83. The van der Waals surface area contributed by atoms with E-state index in [1.165, 1.54) is 11.8 Å². The van der Waals surface area contributed by atoms with Gasteiger partial charge in [0, 0.05) is 19.4 Å². The van der Waals surface area contributed by atoms with Crippen molar-refractivity contribution in [1.82, 2.24) is 19.5 Å². The van der Waals surface area contributed by atoms with Crippen LogP contribution in [0, 0.1) is 6.92 Å². The summed E-state index contributed by atoms with van der Waals surface area (Å²) in [4.78, 5) is 24.9. The SMILES string of the molecule is CSc1nc(Br)c(C(=O)Cc2cnc(C)cn2)n1C. The first kappa shape index (κ1) is 14.2. The molecule has 0 saturated heterocycles. The Labute approximate surface area is 124 Å². The van der Waals surface area contributed by atoms with E-state index in [0.29, 0.717) is 16.0 Å². The molecule has 19 heavy (non-hydrogen) atoms. The quantitative estimate of drug-likeness (QED) is 0.631. The molecule has 2 rings (SSSR count). The number of aryl methyl sites for hydroxylation is 1. The highest BCUT2D eigenvalue weighted by molar-refractivity contribution is 9.10. The predicted octanol–water partition coefficient (Wildman–Crippen LogP) is 2.43. The van der Waals surface area contributed by atoms with Gasteiger partial charge in [-0.05, 0) is 29.1 Å². The van der Waals surface area contributed by atoms with Crippen molar-refractivity contribution in [1.29, 1.82) is 0 Å². The first-order valence-corrected chi connectivity index (χ1v) is 7.61. The van der Waals surface area contributed by atoms with E-state index in [-0.39, 0.29) is 12.2 Å². The van der Waals surface area contributed by atoms with Crippen LogP contribution in [-0.2, 0) is 13.5 Å². The van der Waals surface area contributed by atoms with E-state index in [2.05, 4.69) is 30.9 Å². The zero-order valence-corrected chi connectivity index (χ0v) is 13.2. The van der Waals surface area contributed by atoms with Crippen LogP contribution in [0.25, 0.3) is 0 Å². The van der Waals surface area contributed by atoms with Crippen LogP contribution in [0.15, 0.2) is 22.2 Å². The molecule has 0 aromatic carbocycles. The Kier molecular flexibility index (Phi) is 4.36. The Morgan fingerprint density at radius 2 is 2.16 bits per heavy atom. The molecule has 0 fully saturated rings. The second-order valence-corrected chi connectivity index (χ2v) is 5.57. The summed E-state index contributed by atoms with van der Waals surface area (Å²) in [5, 5.41) is 0.796. The normalized spacial score (nSPS) is 10.7. The minimum absolute atomic E-state index is 0.0275. The highest BCUT2D eigenvalue weighted by atomic mass is 79.9. The third-order valence-corrected chi connectivity index (χ3v) is 3.92. The molecule has 2 aromatic rings. The van der Waals surface area contributed by atoms with Crippen molar-refractivity contribution < 1.29 is 4.79 Å². The summed E-state index contributed by atoms with van der Waals surface area (Å²) in [6.07, 6.45) is 5.44. The van der Waals surface area contributed by atoms with Gasteiger partial charge in [-0.25, -0.2) is 4.98 Å². The van der Waals surface area contributed by atoms with Crippen molar-refractivity contribution in [3.8, 4) is 0 Å². The van der Waals surface area contributed by atoms with Crippen molar-refractivity contribution in [2.45, 2.75) is 18.5 Å². The molecule has 0 radical (unpaired) electrons. The second-order valence-electron chi connectivity index (χ2n) is 4.05. The molecule has 0 aliphatic heterocycles. The molecule has 0 spiro atoms. The van der Waals surface area contributed by atoms with Crippen molar-refractivity contribution in [2.24, 2.45) is 7.05 Å². The van der Waals surface area contributed by atoms with E-state index in [0.717, 1.165) is 10.9 Å². The number of carbonyl (C=O) groups excluding carboxylic acids is 1. The standard InChI is InChI=1S/C12H13BrN4OS/c1-7-5-15-8(6-14-7)4-9(18)10-11(13)16-12(19-3)17(10)2/h5-6H,4H2,1-3H3. The van der Waals surface area contributed by atoms with Crippen LogP contribution < -0.4 is 0 Å². The van der Waals surface area contributed by atoms with E-state index in [1.807, 2.05) is 20.2 Å². The average Bonchev–Trinajstić information content (AvgIpc) is 2.67. The van der Waals surface area contributed by atoms with Crippen molar-refractivity contribution >= 4 is 33.5 Å². The number of hydrogen-bond acceptors (Lipinski definition) is 5. The minimum atomic E-state index is -0.0275. The van der Waals surface area contributed by atoms with E-state index < -0.39 is 0 Å². The van der Waals surface area contributed by atoms with E-state index in [1.54, 1.807) is 17.0 Å². The number of nitrogens with zero attached hydrogens (tertiary/aromatic N) is 4. The number of hydrogen-bond donors (Lipinski definition) is 0. The molecule has 100 valence electrons. The van der Waals surface area contributed by atoms with Crippen LogP contribution in [0.1, 0.15) is 21.9 Å². The molecule has 0 saturated carbocycles. The molecular weight excluding hydrogens is 328 g/mol. The average molecular weight is 341 g/mol. The lowest BCUT2D eigenvalue weighted by Gasteiger charge is -2.04. The number of thioether (sulfide) groups is 1. The molecule has 5 nitrogen and oxygen atoms in total. The Bertz CT molecular complexity index is 609. The largest absolute Gasteiger partial charge is 0.319 e. The maximum absolute atomic E-state index is 12.3. The summed E-state index contributed by atoms with van der Waals surface area (Å²) < 4.78 is 2.36. The smallest absolute Gasteiger partial charge is 0.188 e. The lowest BCUT2D eigenvalue weighted by molar-refractivity contribution is 0.0982. The van der Waals surface area contributed by atoms with Gasteiger partial charge in [0.25, 0.3) is 0 Å². The fourth-order valence-electron chi connectivity index (χ4n) is 1.69. The van der Waals surface area contributed by atoms with Crippen molar-refractivity contribution in [3.05, 3.63) is 34.1 Å². The van der Waals surface area contributed by atoms with Crippen molar-refractivity contribution in [2.75, 3.05) is 6.26 Å². The Morgan fingerprint density at radius 3 is 2.68 bits per heavy atom. The van der Waals surface area contributed by atoms with Crippen LogP contribution in [0.4, 0.5) is 0 Å². The molecular formula is C12H13BrN4OS. The number of ketones is 1. The molecule has 0 aliphatic carbocycles. The minimum Gasteiger partial charge on any atom is -0.319 e. The summed E-state index contributed by atoms with van der Waals surface area (Å²) in [6.45, 7) is 1.86. The first-order valence-electron chi connectivity index (χ1n) is 5.60. The maximum Gasteiger partial charge on any atom is 0.188 e. The number of aromatic nitrogens is 4. The lowest BCUT2D eigenvalue weighted by atomic mass is 10.2. The number of carbonyl (C=O) groups is 1. The number of halogens is 1. The van der Waals surface area contributed by atoms with Crippen LogP contribution in [-0.4, -0.2) is 31.6 Å². The maximum atomic E-state index is 12.3. The Morgan fingerprint density at radius 1 is 1.42 bits per heavy atom. The van der Waals surface area contributed by atoms with E-state index >= 15 is 0 Å². The van der Waals surface area contributed by atoms with Gasteiger partial charge in [0.15, 0.2) is 10.9 Å². The lowest BCUT2D eigenvalue weighted by Crippen LogP contribution is -2.11. The van der Waals surface area contributed by atoms with Gasteiger partial charge < -0.3 is 4.57 Å². The fraction of sp³-hybridized carbons (Fsp3) is 0.333. The van der Waals surface area contributed by atoms with Gasteiger partial charge in [0.05, 0.1) is 17.8 Å². The number of Topliss-reactive ketones (excluding diaryl/α,β-unsaturated/α-hetero) is 1. The molecule has 0 amide bonds. The van der Waals surface area contributed by atoms with Gasteiger partial charge in [-0.1, -0.05) is 11.8 Å². The molecule has 2 aromatic heterocycles. The van der Waals surface area contributed by atoms with Crippen molar-refractivity contribution in [3.63, 3.8) is 0 Å². The van der Waals surface area contributed by atoms with Gasteiger partial charge in [-0.2, -0.15) is 0 Å². The zero-order valence-electron chi connectivity index (χ0n) is 10.8. The highest BCUT2D eigenvalue weighted by Crippen LogP contribution is 2.23. The zero-order chi connectivity index (χ0) is 14.0. The van der Waals surface area contributed by atoms with Crippen LogP contribution in [0.3, 0.4) is 0 Å². The Hall–Kier alpha value is -1.21. The van der Waals surface area contributed by atoms with E-state index in [9.17, 15) is 4.79 Å². The highest BCUT2D eigenvalue weighted by Gasteiger charge is 2.19. The molecule has 7 heteroatoms. The molecule has 0 aliphatic rings. The molecule has 0 bridgehead atoms. The van der Waals surface area contributed by atoms with Gasteiger partial charge in [0.1, 0.15) is 10.3 Å². The summed E-state index contributed by atoms with van der Waals surface area (Å²) in [6, 6.07) is 0.